The van der Waals surface area contributed by atoms with E-state index in [-0.39, 0.29) is 0 Å². The fraction of sp³-hybridized carbons (Fsp3) is 0.174. The molecule has 3 rings (SSSR count). The summed E-state index contributed by atoms with van der Waals surface area (Å²) in [6, 6.07) is 14.9. The van der Waals surface area contributed by atoms with Crippen molar-refractivity contribution in [2.24, 2.45) is 0 Å². The molecule has 6 nitrogen and oxygen atoms in total. The van der Waals surface area contributed by atoms with E-state index in [1.165, 1.54) is 21.3 Å². The minimum absolute atomic E-state index is 0.386. The van der Waals surface area contributed by atoms with Gasteiger partial charge in [0.1, 0.15) is 5.75 Å². The zero-order valence-electron chi connectivity index (χ0n) is 16.8. The minimum atomic E-state index is 0.386. The first kappa shape index (κ1) is 20.1. The van der Waals surface area contributed by atoms with Gasteiger partial charge in [-0.25, -0.2) is 0 Å². The molecule has 3 aromatic carbocycles. The summed E-state index contributed by atoms with van der Waals surface area (Å²) >= 11 is 0. The molecule has 2 N–H and O–H groups in total. The van der Waals surface area contributed by atoms with Gasteiger partial charge in [0, 0.05) is 22.4 Å². The molecule has 0 unspecified atom stereocenters. The van der Waals surface area contributed by atoms with Crippen molar-refractivity contribution in [3.63, 3.8) is 0 Å². The fourth-order valence-electron chi connectivity index (χ4n) is 3.35. The van der Waals surface area contributed by atoms with Gasteiger partial charge in [-0.3, -0.25) is 4.79 Å². The number of nitrogens with two attached hydrogens (primary N) is 1. The van der Waals surface area contributed by atoms with Gasteiger partial charge in [-0.05, 0) is 41.5 Å². The third kappa shape index (κ3) is 3.69. The molecule has 0 saturated carbocycles. The van der Waals surface area contributed by atoms with Crippen LogP contribution in [0.2, 0.25) is 0 Å². The summed E-state index contributed by atoms with van der Waals surface area (Å²) in [7, 11) is 6.12. The molecule has 6 heteroatoms. The zero-order valence-corrected chi connectivity index (χ0v) is 16.8. The molecule has 0 spiro atoms. The lowest BCUT2D eigenvalue weighted by molar-refractivity contribution is 0.112. The Labute approximate surface area is 169 Å². The first-order chi connectivity index (χ1) is 14.1. The summed E-state index contributed by atoms with van der Waals surface area (Å²) in [4.78, 5) is 11.9. The molecule has 150 valence electrons. The molecule has 0 amide bonds. The predicted molar refractivity (Wildman–Crippen MR) is 113 cm³/mol. The normalized spacial score (nSPS) is 10.3. The highest BCUT2D eigenvalue weighted by Crippen LogP contribution is 2.49. The van der Waals surface area contributed by atoms with Crippen molar-refractivity contribution in [1.29, 1.82) is 0 Å². The summed E-state index contributed by atoms with van der Waals surface area (Å²) < 4.78 is 22.1. The third-order valence-electron chi connectivity index (χ3n) is 4.68. The number of carbonyl (C=O) groups excluding carboxylic acids is 1. The number of anilines is 1. The molecular weight excluding hydrogens is 370 g/mol. The molecule has 0 saturated heterocycles. The van der Waals surface area contributed by atoms with E-state index in [2.05, 4.69) is 0 Å². The summed E-state index contributed by atoms with van der Waals surface area (Å²) in [5.74, 6) is 1.77. The minimum Gasteiger partial charge on any atom is -0.496 e. The van der Waals surface area contributed by atoms with Crippen LogP contribution in [0.1, 0.15) is 10.4 Å². The van der Waals surface area contributed by atoms with Crippen LogP contribution in [0.15, 0.2) is 48.5 Å². The average molecular weight is 393 g/mol. The van der Waals surface area contributed by atoms with E-state index < -0.39 is 0 Å². The maximum Gasteiger partial charge on any atom is 0.203 e. The number of ether oxygens (including phenoxy) is 4. The molecule has 0 atom stereocenters. The number of hydrogen-bond acceptors (Lipinski definition) is 6. The highest BCUT2D eigenvalue weighted by Gasteiger charge is 2.24. The van der Waals surface area contributed by atoms with Gasteiger partial charge in [-0.2, -0.15) is 0 Å². The lowest BCUT2D eigenvalue weighted by Crippen LogP contribution is -2.01. The van der Waals surface area contributed by atoms with Gasteiger partial charge in [0.15, 0.2) is 17.8 Å². The topological polar surface area (TPSA) is 80.0 Å². The van der Waals surface area contributed by atoms with E-state index in [1.807, 2.05) is 42.5 Å². The van der Waals surface area contributed by atoms with Crippen LogP contribution in [-0.2, 0) is 0 Å². The van der Waals surface area contributed by atoms with E-state index in [9.17, 15) is 4.79 Å². The van der Waals surface area contributed by atoms with Gasteiger partial charge < -0.3 is 24.7 Å². The highest BCUT2D eigenvalue weighted by atomic mass is 16.5. The summed E-state index contributed by atoms with van der Waals surface area (Å²) in [5, 5.41) is 0. The van der Waals surface area contributed by atoms with Crippen molar-refractivity contribution in [3.05, 3.63) is 54.1 Å². The Balaban J connectivity index is 2.34. The van der Waals surface area contributed by atoms with Crippen LogP contribution >= 0.6 is 0 Å². The van der Waals surface area contributed by atoms with Crippen molar-refractivity contribution in [2.45, 2.75) is 0 Å². The van der Waals surface area contributed by atoms with Crippen LogP contribution in [0, 0.1) is 0 Å². The van der Waals surface area contributed by atoms with E-state index in [0.29, 0.717) is 45.4 Å². The van der Waals surface area contributed by atoms with Crippen molar-refractivity contribution in [2.75, 3.05) is 34.2 Å². The predicted octanol–water partition coefficient (Wildman–Crippen LogP) is 4.45. The number of aldehydes is 1. The van der Waals surface area contributed by atoms with Gasteiger partial charge in [-0.1, -0.05) is 18.2 Å². The lowest BCUT2D eigenvalue weighted by Gasteiger charge is -2.20. The Hall–Kier alpha value is -3.67. The fourth-order valence-corrected chi connectivity index (χ4v) is 3.35. The van der Waals surface area contributed by atoms with E-state index >= 15 is 0 Å². The smallest absolute Gasteiger partial charge is 0.203 e. The lowest BCUT2D eigenvalue weighted by atomic mass is 9.93. The van der Waals surface area contributed by atoms with Crippen molar-refractivity contribution in [1.82, 2.24) is 0 Å². The largest absolute Gasteiger partial charge is 0.496 e. The standard InChI is InChI=1S/C23H23NO5/c1-26-19-9-8-15(14-6-5-7-17(24)10-14)11-18(19)21-16(13-25)12-20(27-2)22(28-3)23(21)29-4/h5-13H,24H2,1-4H3. The second kappa shape index (κ2) is 8.56. The monoisotopic (exact) mass is 393 g/mol. The van der Waals surface area contributed by atoms with Crippen LogP contribution in [-0.4, -0.2) is 34.7 Å². The molecule has 0 aliphatic heterocycles. The Bertz CT molecular complexity index is 1050. The van der Waals surface area contributed by atoms with Crippen LogP contribution in [0.25, 0.3) is 22.3 Å². The van der Waals surface area contributed by atoms with E-state index in [1.54, 1.807) is 13.2 Å². The molecule has 0 bridgehead atoms. The molecule has 0 radical (unpaired) electrons. The van der Waals surface area contributed by atoms with Gasteiger partial charge >= 0.3 is 0 Å². The molecule has 0 fully saturated rings. The molecule has 0 aliphatic rings. The summed E-state index contributed by atoms with van der Waals surface area (Å²) in [6.07, 6.45) is 0.756. The highest BCUT2D eigenvalue weighted by molar-refractivity contribution is 5.96. The first-order valence-corrected chi connectivity index (χ1v) is 8.90. The number of carbonyl (C=O) groups is 1. The number of rotatable bonds is 7. The first-order valence-electron chi connectivity index (χ1n) is 8.90. The van der Waals surface area contributed by atoms with Gasteiger partial charge in [0.25, 0.3) is 0 Å². The number of benzene rings is 3. The molecular formula is C23H23NO5. The average Bonchev–Trinajstić information content (AvgIpc) is 2.76. The number of nitrogen functional groups attached to an aromatic ring is 1. The SMILES string of the molecule is COc1ccc(-c2cccc(N)c2)cc1-c1c(C=O)cc(OC)c(OC)c1OC. The van der Waals surface area contributed by atoms with Crippen LogP contribution in [0.3, 0.4) is 0 Å². The van der Waals surface area contributed by atoms with Gasteiger partial charge in [0.2, 0.25) is 5.75 Å². The Morgan fingerprint density at radius 1 is 0.759 bits per heavy atom. The molecule has 0 aliphatic carbocycles. The van der Waals surface area contributed by atoms with E-state index in [0.717, 1.165) is 17.4 Å². The Morgan fingerprint density at radius 2 is 1.45 bits per heavy atom. The van der Waals surface area contributed by atoms with Gasteiger partial charge in [-0.15, -0.1) is 0 Å². The molecule has 0 aromatic heterocycles. The Morgan fingerprint density at radius 3 is 2.03 bits per heavy atom. The second-order valence-electron chi connectivity index (χ2n) is 6.27. The molecule has 29 heavy (non-hydrogen) atoms. The van der Waals surface area contributed by atoms with Crippen LogP contribution < -0.4 is 24.7 Å². The van der Waals surface area contributed by atoms with Crippen LogP contribution in [0.5, 0.6) is 23.0 Å². The number of hydrogen-bond donors (Lipinski definition) is 1. The molecule has 3 aromatic rings. The summed E-state index contributed by atoms with van der Waals surface area (Å²) in [5.41, 5.74) is 10.1. The molecule has 0 heterocycles. The zero-order chi connectivity index (χ0) is 21.0. The third-order valence-corrected chi connectivity index (χ3v) is 4.68. The quantitative estimate of drug-likeness (QED) is 0.472. The Kier molecular flexibility index (Phi) is 5.93. The summed E-state index contributed by atoms with van der Waals surface area (Å²) in [6.45, 7) is 0. The van der Waals surface area contributed by atoms with Crippen molar-refractivity contribution in [3.8, 4) is 45.3 Å². The van der Waals surface area contributed by atoms with Crippen molar-refractivity contribution >= 4 is 12.0 Å². The maximum atomic E-state index is 11.9. The number of methoxy groups -OCH3 is 4. The second-order valence-corrected chi connectivity index (χ2v) is 6.27. The van der Waals surface area contributed by atoms with Gasteiger partial charge in [0.05, 0.1) is 28.4 Å². The van der Waals surface area contributed by atoms with Crippen molar-refractivity contribution < 1.29 is 23.7 Å². The van der Waals surface area contributed by atoms with Crippen LogP contribution in [0.4, 0.5) is 5.69 Å². The van der Waals surface area contributed by atoms with E-state index in [4.69, 9.17) is 24.7 Å². The maximum absolute atomic E-state index is 11.9.